The van der Waals surface area contributed by atoms with E-state index in [1.54, 1.807) is 7.05 Å². The summed E-state index contributed by atoms with van der Waals surface area (Å²) in [5.41, 5.74) is -0.263. The SMILES string of the molecule is CN(C(=O)c1cc(S(=O)(=O)Cl)ccc1F)C1CCCC1. The molecule has 2 rings (SSSR count). The van der Waals surface area contributed by atoms with Crippen molar-refractivity contribution >= 4 is 25.6 Å². The van der Waals surface area contributed by atoms with Gasteiger partial charge in [-0.2, -0.15) is 0 Å². The van der Waals surface area contributed by atoms with Crippen molar-refractivity contribution in [1.29, 1.82) is 0 Å². The molecule has 0 unspecified atom stereocenters. The molecule has 0 N–H and O–H groups in total. The van der Waals surface area contributed by atoms with Crippen molar-refractivity contribution in [1.82, 2.24) is 4.90 Å². The summed E-state index contributed by atoms with van der Waals surface area (Å²) in [5.74, 6) is -1.26. The van der Waals surface area contributed by atoms with Crippen LogP contribution in [0.25, 0.3) is 0 Å². The molecule has 110 valence electrons. The van der Waals surface area contributed by atoms with Gasteiger partial charge in [-0.3, -0.25) is 4.79 Å². The number of carbonyl (C=O) groups is 1. The molecule has 1 aromatic carbocycles. The Bertz CT molecular complexity index is 627. The normalized spacial score (nSPS) is 16.4. The minimum atomic E-state index is -3.99. The smallest absolute Gasteiger partial charge is 0.261 e. The zero-order chi connectivity index (χ0) is 14.9. The maximum atomic E-state index is 13.8. The third-order valence-electron chi connectivity index (χ3n) is 3.64. The maximum Gasteiger partial charge on any atom is 0.261 e. The van der Waals surface area contributed by atoms with Gasteiger partial charge in [-0.1, -0.05) is 12.8 Å². The molecule has 1 aliphatic carbocycles. The van der Waals surface area contributed by atoms with Crippen molar-refractivity contribution in [3.8, 4) is 0 Å². The predicted octanol–water partition coefficient (Wildman–Crippen LogP) is 2.77. The van der Waals surface area contributed by atoms with Crippen LogP contribution in [0.15, 0.2) is 23.1 Å². The van der Waals surface area contributed by atoms with Crippen molar-refractivity contribution in [2.24, 2.45) is 0 Å². The average molecular weight is 320 g/mol. The lowest BCUT2D eigenvalue weighted by molar-refractivity contribution is 0.0730. The Morgan fingerprint density at radius 3 is 2.50 bits per heavy atom. The number of halogens is 2. The Balaban J connectivity index is 2.33. The molecule has 1 fully saturated rings. The molecule has 0 bridgehead atoms. The van der Waals surface area contributed by atoms with Gasteiger partial charge in [-0.05, 0) is 31.0 Å². The summed E-state index contributed by atoms with van der Waals surface area (Å²) in [6.45, 7) is 0. The predicted molar refractivity (Wildman–Crippen MR) is 73.8 cm³/mol. The van der Waals surface area contributed by atoms with Gasteiger partial charge in [0.2, 0.25) is 0 Å². The van der Waals surface area contributed by atoms with Gasteiger partial charge < -0.3 is 4.90 Å². The fourth-order valence-electron chi connectivity index (χ4n) is 2.47. The van der Waals surface area contributed by atoms with Crippen LogP contribution in [0.1, 0.15) is 36.0 Å². The first kappa shape index (κ1) is 15.3. The molecule has 1 saturated carbocycles. The maximum absolute atomic E-state index is 13.8. The van der Waals surface area contributed by atoms with Crippen molar-refractivity contribution in [3.05, 3.63) is 29.6 Å². The highest BCUT2D eigenvalue weighted by Gasteiger charge is 2.26. The molecule has 1 aromatic rings. The van der Waals surface area contributed by atoms with Gasteiger partial charge in [0, 0.05) is 23.8 Å². The number of carbonyl (C=O) groups excluding carboxylic acids is 1. The standard InChI is InChI=1S/C13H15ClFNO3S/c1-16(9-4-2-3-5-9)13(17)11-8-10(20(14,18)19)6-7-12(11)15/h6-9H,2-5H2,1H3. The molecule has 0 heterocycles. The molecule has 7 heteroatoms. The van der Waals surface area contributed by atoms with Crippen LogP contribution in [-0.4, -0.2) is 32.3 Å². The van der Waals surface area contributed by atoms with E-state index in [0.29, 0.717) is 0 Å². The van der Waals surface area contributed by atoms with Crippen LogP contribution in [0.4, 0.5) is 4.39 Å². The van der Waals surface area contributed by atoms with Crippen LogP contribution in [-0.2, 0) is 9.05 Å². The zero-order valence-corrected chi connectivity index (χ0v) is 12.5. The molecular formula is C13H15ClFNO3S. The van der Waals surface area contributed by atoms with Gasteiger partial charge in [0.05, 0.1) is 10.5 Å². The molecular weight excluding hydrogens is 305 g/mol. The van der Waals surface area contributed by atoms with E-state index >= 15 is 0 Å². The Morgan fingerprint density at radius 2 is 1.95 bits per heavy atom. The molecule has 0 radical (unpaired) electrons. The van der Waals surface area contributed by atoms with E-state index in [1.165, 1.54) is 4.90 Å². The second-order valence-corrected chi connectivity index (χ2v) is 7.50. The quantitative estimate of drug-likeness (QED) is 0.805. The number of hydrogen-bond acceptors (Lipinski definition) is 3. The Labute approximate surface area is 121 Å². The second-order valence-electron chi connectivity index (χ2n) is 4.93. The number of amides is 1. The van der Waals surface area contributed by atoms with Crippen LogP contribution in [0.3, 0.4) is 0 Å². The summed E-state index contributed by atoms with van der Waals surface area (Å²) in [4.78, 5) is 13.5. The van der Waals surface area contributed by atoms with Crippen molar-refractivity contribution in [2.45, 2.75) is 36.6 Å². The first-order chi connectivity index (χ1) is 9.30. The van der Waals surface area contributed by atoms with Crippen LogP contribution >= 0.6 is 10.7 Å². The molecule has 20 heavy (non-hydrogen) atoms. The zero-order valence-electron chi connectivity index (χ0n) is 11.0. The fraction of sp³-hybridized carbons (Fsp3) is 0.462. The van der Waals surface area contributed by atoms with Crippen molar-refractivity contribution in [2.75, 3.05) is 7.05 Å². The molecule has 0 saturated heterocycles. The molecule has 0 atom stereocenters. The Hall–Kier alpha value is -1.14. The Morgan fingerprint density at radius 1 is 1.35 bits per heavy atom. The van der Waals surface area contributed by atoms with Gasteiger partial charge in [-0.15, -0.1) is 0 Å². The van der Waals surface area contributed by atoms with E-state index in [4.69, 9.17) is 10.7 Å². The van der Waals surface area contributed by atoms with Crippen molar-refractivity contribution < 1.29 is 17.6 Å². The van der Waals surface area contributed by atoms with E-state index < -0.39 is 20.8 Å². The fourth-order valence-corrected chi connectivity index (χ4v) is 3.24. The average Bonchev–Trinajstić information content (AvgIpc) is 2.90. The van der Waals surface area contributed by atoms with Crippen LogP contribution in [0.2, 0.25) is 0 Å². The largest absolute Gasteiger partial charge is 0.339 e. The summed E-state index contributed by atoms with van der Waals surface area (Å²) in [7, 11) is 2.84. The molecule has 4 nitrogen and oxygen atoms in total. The number of benzene rings is 1. The molecule has 1 aliphatic rings. The third-order valence-corrected chi connectivity index (χ3v) is 4.99. The summed E-state index contributed by atoms with van der Waals surface area (Å²) in [5, 5.41) is 0. The van der Waals surface area contributed by atoms with E-state index in [2.05, 4.69) is 0 Å². The topological polar surface area (TPSA) is 54.5 Å². The van der Waals surface area contributed by atoms with E-state index in [0.717, 1.165) is 43.9 Å². The monoisotopic (exact) mass is 319 g/mol. The highest BCUT2D eigenvalue weighted by molar-refractivity contribution is 8.13. The lowest BCUT2D eigenvalue weighted by atomic mass is 10.1. The Kier molecular flexibility index (Phi) is 4.34. The van der Waals surface area contributed by atoms with Gasteiger partial charge in [0.1, 0.15) is 5.82 Å². The summed E-state index contributed by atoms with van der Waals surface area (Å²) in [6.07, 6.45) is 3.86. The van der Waals surface area contributed by atoms with Crippen molar-refractivity contribution in [3.63, 3.8) is 0 Å². The first-order valence-electron chi connectivity index (χ1n) is 6.32. The van der Waals surface area contributed by atoms with Gasteiger partial charge >= 0.3 is 0 Å². The lowest BCUT2D eigenvalue weighted by Crippen LogP contribution is -2.35. The third kappa shape index (κ3) is 3.12. The molecule has 1 amide bonds. The highest BCUT2D eigenvalue weighted by atomic mass is 35.7. The summed E-state index contributed by atoms with van der Waals surface area (Å²) < 4.78 is 36.3. The second kappa shape index (κ2) is 5.69. The molecule has 0 aromatic heterocycles. The summed E-state index contributed by atoms with van der Waals surface area (Å²) >= 11 is 0. The van der Waals surface area contributed by atoms with Gasteiger partial charge in [0.25, 0.3) is 15.0 Å². The minimum Gasteiger partial charge on any atom is -0.339 e. The molecule has 0 spiro atoms. The van der Waals surface area contributed by atoms with Crippen LogP contribution in [0.5, 0.6) is 0 Å². The van der Waals surface area contributed by atoms with Gasteiger partial charge in [0.15, 0.2) is 0 Å². The van der Waals surface area contributed by atoms with Crippen LogP contribution < -0.4 is 0 Å². The highest BCUT2D eigenvalue weighted by Crippen LogP contribution is 2.25. The van der Waals surface area contributed by atoms with Gasteiger partial charge in [-0.25, -0.2) is 12.8 Å². The van der Waals surface area contributed by atoms with E-state index in [-0.39, 0.29) is 16.5 Å². The first-order valence-corrected chi connectivity index (χ1v) is 8.63. The number of hydrogen-bond donors (Lipinski definition) is 0. The molecule has 0 aliphatic heterocycles. The minimum absolute atomic E-state index is 0.0816. The summed E-state index contributed by atoms with van der Waals surface area (Å²) in [6, 6.07) is 3.07. The van der Waals surface area contributed by atoms with E-state index in [1.807, 2.05) is 0 Å². The number of nitrogens with zero attached hydrogens (tertiary/aromatic N) is 1. The van der Waals surface area contributed by atoms with E-state index in [9.17, 15) is 17.6 Å². The number of rotatable bonds is 3. The van der Waals surface area contributed by atoms with Crippen LogP contribution in [0, 0.1) is 5.82 Å². The lowest BCUT2D eigenvalue weighted by Gasteiger charge is -2.24.